The molecule has 3 saturated carbocycles. The van der Waals surface area contributed by atoms with E-state index in [1.165, 1.54) is 0 Å². The third-order valence-corrected chi connectivity index (χ3v) is 9.39. The molecular formula is C28H44O9. The van der Waals surface area contributed by atoms with Crippen LogP contribution < -0.4 is 0 Å². The fourth-order valence-electron chi connectivity index (χ4n) is 6.55. The molecule has 5 aliphatic rings. The van der Waals surface area contributed by atoms with E-state index in [0.29, 0.717) is 50.1 Å². The molecule has 0 radical (unpaired) electrons. The van der Waals surface area contributed by atoms with Gasteiger partial charge in [0.2, 0.25) is 0 Å². The molecule has 5 fully saturated rings. The van der Waals surface area contributed by atoms with E-state index in [1.54, 1.807) is 13.8 Å². The third kappa shape index (κ3) is 6.49. The Bertz CT molecular complexity index is 850. The fraction of sp³-hybridized carbons (Fsp3) is 0.929. The van der Waals surface area contributed by atoms with Gasteiger partial charge in [-0.1, -0.05) is 0 Å². The topological polar surface area (TPSA) is 116 Å². The molecule has 37 heavy (non-hydrogen) atoms. The van der Waals surface area contributed by atoms with Crippen molar-refractivity contribution >= 4 is 11.9 Å². The molecule has 0 spiro atoms. The van der Waals surface area contributed by atoms with E-state index in [0.717, 1.165) is 38.5 Å². The van der Waals surface area contributed by atoms with Gasteiger partial charge in [0.25, 0.3) is 0 Å². The normalized spacial score (nSPS) is 44.1. The molecule has 9 heteroatoms. The Morgan fingerprint density at radius 3 is 1.76 bits per heavy atom. The second-order valence-electron chi connectivity index (χ2n) is 12.5. The molecule has 0 amide bonds. The lowest BCUT2D eigenvalue weighted by Crippen LogP contribution is -2.41. The van der Waals surface area contributed by atoms with E-state index < -0.39 is 42.5 Å². The number of aliphatic hydroxyl groups is 1. The van der Waals surface area contributed by atoms with Crippen LogP contribution in [0.15, 0.2) is 0 Å². The van der Waals surface area contributed by atoms with E-state index in [9.17, 15) is 14.7 Å². The Morgan fingerprint density at radius 2 is 1.27 bits per heavy atom. The number of epoxide rings is 2. The molecule has 0 aromatic rings. The van der Waals surface area contributed by atoms with Crippen LogP contribution in [0.25, 0.3) is 0 Å². The standard InChI is InChI=1S/C28H44O9/c1-16(32-14-18-7-9-27(3)23(11-18)36-27)34-25(30)21-6-5-20(29)13-22(21)26(31)35-17(2)33-15-19-8-10-28(4)24(12-19)37-28/h16-24,29H,5-15H2,1-4H3. The number of carbonyl (C=O) groups is 2. The minimum Gasteiger partial charge on any atom is -0.436 e. The highest BCUT2D eigenvalue weighted by Gasteiger charge is 2.56. The number of esters is 2. The number of hydrogen-bond donors (Lipinski definition) is 1. The van der Waals surface area contributed by atoms with Crippen LogP contribution in [0.5, 0.6) is 0 Å². The van der Waals surface area contributed by atoms with Crippen molar-refractivity contribution in [3.05, 3.63) is 0 Å². The van der Waals surface area contributed by atoms with E-state index in [2.05, 4.69) is 13.8 Å². The summed E-state index contributed by atoms with van der Waals surface area (Å²) in [5.74, 6) is -1.67. The minimum atomic E-state index is -0.771. The lowest BCUT2D eigenvalue weighted by Gasteiger charge is -2.32. The Labute approximate surface area is 219 Å². The van der Waals surface area contributed by atoms with Gasteiger partial charge in [-0.05, 0) is 97.3 Å². The van der Waals surface area contributed by atoms with Crippen molar-refractivity contribution in [2.75, 3.05) is 13.2 Å². The largest absolute Gasteiger partial charge is 0.436 e. The molecule has 2 saturated heterocycles. The zero-order valence-electron chi connectivity index (χ0n) is 22.7. The Balaban J connectivity index is 1.05. The Hall–Kier alpha value is -1.26. The first kappa shape index (κ1) is 27.3. The molecule has 0 aromatic carbocycles. The van der Waals surface area contributed by atoms with Gasteiger partial charge in [0.05, 0.1) is 54.6 Å². The second kappa shape index (κ2) is 10.7. The highest BCUT2D eigenvalue weighted by atomic mass is 16.7. The van der Waals surface area contributed by atoms with Crippen molar-refractivity contribution in [2.24, 2.45) is 23.7 Å². The summed E-state index contributed by atoms with van der Waals surface area (Å²) in [5.41, 5.74) is 0.127. The first-order valence-electron chi connectivity index (χ1n) is 14.2. The van der Waals surface area contributed by atoms with E-state index in [-0.39, 0.29) is 17.6 Å². The minimum absolute atomic E-state index is 0.0616. The van der Waals surface area contributed by atoms with Crippen LogP contribution in [0.4, 0.5) is 0 Å². The van der Waals surface area contributed by atoms with Gasteiger partial charge in [0.15, 0.2) is 12.6 Å². The first-order chi connectivity index (χ1) is 17.5. The van der Waals surface area contributed by atoms with Gasteiger partial charge in [0.1, 0.15) is 0 Å². The van der Waals surface area contributed by atoms with Crippen LogP contribution in [0.1, 0.15) is 85.5 Å². The lowest BCUT2D eigenvalue weighted by molar-refractivity contribution is -0.197. The Morgan fingerprint density at radius 1 is 0.784 bits per heavy atom. The fourth-order valence-corrected chi connectivity index (χ4v) is 6.55. The van der Waals surface area contributed by atoms with Gasteiger partial charge in [-0.3, -0.25) is 9.59 Å². The Kier molecular flexibility index (Phi) is 7.91. The molecule has 2 heterocycles. The summed E-state index contributed by atoms with van der Waals surface area (Å²) in [6.45, 7) is 8.73. The van der Waals surface area contributed by atoms with Crippen molar-refractivity contribution in [2.45, 2.75) is 128 Å². The van der Waals surface area contributed by atoms with Crippen LogP contribution >= 0.6 is 0 Å². The molecule has 2 aliphatic heterocycles. The molecule has 3 aliphatic carbocycles. The predicted molar refractivity (Wildman–Crippen MR) is 131 cm³/mol. The summed E-state index contributed by atoms with van der Waals surface area (Å²) < 4.78 is 34.3. The maximum absolute atomic E-state index is 13.0. The number of aliphatic hydroxyl groups excluding tert-OH is 1. The predicted octanol–water partition coefficient (Wildman–Crippen LogP) is 3.49. The maximum Gasteiger partial charge on any atom is 0.312 e. The summed E-state index contributed by atoms with van der Waals surface area (Å²) in [6, 6.07) is 0. The number of rotatable bonds is 10. The SMILES string of the molecule is CC(OCC1CCC2(C)OC2C1)OC(=O)C1CCC(O)CC1C(=O)OC(C)OCC1CCC2(C)OC2C1. The number of ether oxygens (including phenoxy) is 6. The smallest absolute Gasteiger partial charge is 0.312 e. The summed E-state index contributed by atoms with van der Waals surface area (Å²) in [5, 5.41) is 10.2. The highest BCUT2D eigenvalue weighted by Crippen LogP contribution is 2.50. The van der Waals surface area contributed by atoms with Crippen molar-refractivity contribution in [3.63, 3.8) is 0 Å². The molecule has 1 N–H and O–H groups in total. The van der Waals surface area contributed by atoms with Crippen LogP contribution in [-0.4, -0.2) is 72.4 Å². The quantitative estimate of drug-likeness (QED) is 0.260. The average molecular weight is 525 g/mol. The molecular weight excluding hydrogens is 480 g/mol. The van der Waals surface area contributed by atoms with Gasteiger partial charge >= 0.3 is 11.9 Å². The van der Waals surface area contributed by atoms with Crippen molar-refractivity contribution in [3.8, 4) is 0 Å². The van der Waals surface area contributed by atoms with Gasteiger partial charge in [-0.25, -0.2) is 0 Å². The summed E-state index contributed by atoms with van der Waals surface area (Å²) >= 11 is 0. The third-order valence-electron chi connectivity index (χ3n) is 9.39. The zero-order valence-corrected chi connectivity index (χ0v) is 22.7. The van der Waals surface area contributed by atoms with Gasteiger partial charge in [0, 0.05) is 0 Å². The van der Waals surface area contributed by atoms with Crippen LogP contribution in [0, 0.1) is 23.7 Å². The molecule has 11 atom stereocenters. The zero-order chi connectivity index (χ0) is 26.4. The monoisotopic (exact) mass is 524 g/mol. The summed E-state index contributed by atoms with van der Waals surface area (Å²) in [7, 11) is 0. The van der Waals surface area contributed by atoms with Crippen LogP contribution in [0.3, 0.4) is 0 Å². The lowest BCUT2D eigenvalue weighted by atomic mass is 9.78. The van der Waals surface area contributed by atoms with Crippen LogP contribution in [-0.2, 0) is 38.0 Å². The van der Waals surface area contributed by atoms with Gasteiger partial charge in [-0.2, -0.15) is 0 Å². The highest BCUT2D eigenvalue weighted by molar-refractivity contribution is 5.82. The molecule has 0 bridgehead atoms. The summed E-state index contributed by atoms with van der Waals surface area (Å²) in [6.07, 6.45) is 5.60. The second-order valence-corrected chi connectivity index (χ2v) is 12.5. The van der Waals surface area contributed by atoms with E-state index in [4.69, 9.17) is 28.4 Å². The van der Waals surface area contributed by atoms with Gasteiger partial charge < -0.3 is 33.5 Å². The average Bonchev–Trinajstić information content (AvgIpc) is 3.73. The molecule has 9 nitrogen and oxygen atoms in total. The molecule has 11 unspecified atom stereocenters. The maximum atomic E-state index is 13.0. The summed E-state index contributed by atoms with van der Waals surface area (Å²) in [4.78, 5) is 26.0. The van der Waals surface area contributed by atoms with E-state index >= 15 is 0 Å². The first-order valence-corrected chi connectivity index (χ1v) is 14.2. The number of carbonyl (C=O) groups excluding carboxylic acids is 2. The van der Waals surface area contributed by atoms with Gasteiger partial charge in [-0.15, -0.1) is 0 Å². The molecule has 0 aromatic heterocycles. The number of hydrogen-bond acceptors (Lipinski definition) is 9. The van der Waals surface area contributed by atoms with Crippen molar-refractivity contribution in [1.82, 2.24) is 0 Å². The van der Waals surface area contributed by atoms with Crippen molar-refractivity contribution < 1.29 is 43.1 Å². The number of fused-ring (bicyclic) bond motifs is 2. The van der Waals surface area contributed by atoms with Crippen molar-refractivity contribution in [1.29, 1.82) is 0 Å². The molecule has 5 rings (SSSR count). The van der Waals surface area contributed by atoms with Crippen LogP contribution in [0.2, 0.25) is 0 Å². The van der Waals surface area contributed by atoms with E-state index in [1.807, 2.05) is 0 Å². The molecule has 210 valence electrons.